The van der Waals surface area contributed by atoms with Gasteiger partial charge in [-0.2, -0.15) is 0 Å². The van der Waals surface area contributed by atoms with Gasteiger partial charge in [0.25, 0.3) is 0 Å². The van der Waals surface area contributed by atoms with Crippen LogP contribution in [0, 0.1) is 12.8 Å². The van der Waals surface area contributed by atoms with Crippen molar-refractivity contribution in [1.82, 2.24) is 4.98 Å². The fourth-order valence-corrected chi connectivity index (χ4v) is 2.26. The molecule has 0 aromatic carbocycles. The molecule has 16 heavy (non-hydrogen) atoms. The van der Waals surface area contributed by atoms with E-state index in [0.29, 0.717) is 18.2 Å². The van der Waals surface area contributed by atoms with E-state index in [2.05, 4.69) is 26.2 Å². The first kappa shape index (κ1) is 11.6. The molecule has 1 amide bonds. The smallest absolute Gasteiger partial charge is 0.225 e. The molecule has 1 N–H and O–H groups in total. The number of rotatable bonds is 3. The molecule has 0 unspecified atom stereocenters. The lowest BCUT2D eigenvalue weighted by molar-refractivity contribution is -0.117. The average Bonchev–Trinajstić information content (AvgIpc) is 2.16. The molecular formula is C12H15BrN2O. The summed E-state index contributed by atoms with van der Waals surface area (Å²) in [6, 6.07) is 1.95. The quantitative estimate of drug-likeness (QED) is 0.925. The van der Waals surface area contributed by atoms with Crippen molar-refractivity contribution in [2.24, 2.45) is 5.92 Å². The maximum atomic E-state index is 11.7. The highest BCUT2D eigenvalue weighted by molar-refractivity contribution is 9.10. The van der Waals surface area contributed by atoms with Crippen molar-refractivity contribution >= 4 is 27.7 Å². The number of carbonyl (C=O) groups excluding carboxylic acids is 1. The normalized spacial score (nSPS) is 15.6. The molecule has 4 heteroatoms. The minimum atomic E-state index is 0.0858. The minimum absolute atomic E-state index is 0.0858. The third kappa shape index (κ3) is 2.82. The number of carbonyl (C=O) groups is 1. The van der Waals surface area contributed by atoms with Crippen LogP contribution < -0.4 is 5.32 Å². The highest BCUT2D eigenvalue weighted by Crippen LogP contribution is 2.29. The van der Waals surface area contributed by atoms with E-state index in [0.717, 1.165) is 10.0 Å². The van der Waals surface area contributed by atoms with Crippen LogP contribution in [0.3, 0.4) is 0 Å². The van der Waals surface area contributed by atoms with Crippen LogP contribution in [0.5, 0.6) is 0 Å². The molecule has 3 nitrogen and oxygen atoms in total. The topological polar surface area (TPSA) is 42.0 Å². The lowest BCUT2D eigenvalue weighted by atomic mass is 9.83. The van der Waals surface area contributed by atoms with Crippen molar-refractivity contribution in [1.29, 1.82) is 0 Å². The molecule has 1 heterocycles. The van der Waals surface area contributed by atoms with Gasteiger partial charge >= 0.3 is 0 Å². The fourth-order valence-electron chi connectivity index (χ4n) is 1.81. The van der Waals surface area contributed by atoms with E-state index in [-0.39, 0.29) is 5.91 Å². The third-order valence-corrected chi connectivity index (χ3v) is 3.44. The maximum absolute atomic E-state index is 11.7. The molecule has 0 spiro atoms. The van der Waals surface area contributed by atoms with Crippen molar-refractivity contribution < 1.29 is 4.79 Å². The van der Waals surface area contributed by atoms with Gasteiger partial charge in [-0.1, -0.05) is 6.42 Å². The molecule has 0 bridgehead atoms. The van der Waals surface area contributed by atoms with Crippen molar-refractivity contribution in [3.63, 3.8) is 0 Å². The molecule has 1 aromatic heterocycles. The number of anilines is 1. The summed E-state index contributed by atoms with van der Waals surface area (Å²) >= 11 is 3.35. The zero-order valence-electron chi connectivity index (χ0n) is 9.29. The van der Waals surface area contributed by atoms with E-state index in [4.69, 9.17) is 0 Å². The minimum Gasteiger partial charge on any atom is -0.310 e. The Labute approximate surface area is 104 Å². The summed E-state index contributed by atoms with van der Waals surface area (Å²) in [5.41, 5.74) is 0.983. The molecule has 1 aliphatic rings. The number of pyridine rings is 1. The Kier molecular flexibility index (Phi) is 3.59. The van der Waals surface area contributed by atoms with Crippen molar-refractivity contribution in [3.05, 3.63) is 22.3 Å². The van der Waals surface area contributed by atoms with Gasteiger partial charge in [0.2, 0.25) is 5.91 Å². The Morgan fingerprint density at radius 1 is 1.62 bits per heavy atom. The molecule has 1 fully saturated rings. The predicted molar refractivity (Wildman–Crippen MR) is 67.3 cm³/mol. The molecule has 86 valence electrons. The summed E-state index contributed by atoms with van der Waals surface area (Å²) in [7, 11) is 0. The third-order valence-electron chi connectivity index (χ3n) is 3.00. The van der Waals surface area contributed by atoms with Crippen LogP contribution in [-0.2, 0) is 4.79 Å². The fraction of sp³-hybridized carbons (Fsp3) is 0.500. The van der Waals surface area contributed by atoms with Crippen LogP contribution in [0.15, 0.2) is 16.7 Å². The number of hydrogen-bond acceptors (Lipinski definition) is 2. The van der Waals surface area contributed by atoms with Gasteiger partial charge in [0.05, 0.1) is 0 Å². The number of nitrogens with zero attached hydrogens (tertiary/aromatic N) is 1. The molecule has 2 rings (SSSR count). The largest absolute Gasteiger partial charge is 0.310 e. The lowest BCUT2D eigenvalue weighted by Gasteiger charge is -2.24. The first-order valence-electron chi connectivity index (χ1n) is 5.57. The molecular weight excluding hydrogens is 268 g/mol. The summed E-state index contributed by atoms with van der Waals surface area (Å²) in [6.45, 7) is 1.94. The van der Waals surface area contributed by atoms with Crippen LogP contribution in [-0.4, -0.2) is 10.9 Å². The van der Waals surface area contributed by atoms with Gasteiger partial charge in [-0.3, -0.25) is 4.79 Å². The first-order chi connectivity index (χ1) is 7.65. The Hall–Kier alpha value is -0.900. The predicted octanol–water partition coefficient (Wildman–Crippen LogP) is 3.28. The van der Waals surface area contributed by atoms with Crippen LogP contribution in [0.4, 0.5) is 5.82 Å². The van der Waals surface area contributed by atoms with E-state index in [1.807, 2.05) is 13.0 Å². The number of aryl methyl sites for hydroxylation is 1. The Bertz CT molecular complexity index is 402. The molecule has 1 aromatic rings. The van der Waals surface area contributed by atoms with Gasteiger partial charge in [0.15, 0.2) is 0 Å². The summed E-state index contributed by atoms with van der Waals surface area (Å²) in [4.78, 5) is 15.9. The average molecular weight is 283 g/mol. The highest BCUT2D eigenvalue weighted by Gasteiger charge is 2.20. The standard InChI is InChI=1S/C12H15BrN2O/c1-8-5-10(13)7-14-12(8)15-11(16)6-9-3-2-4-9/h5,7,9H,2-4,6H2,1H3,(H,14,15,16). The zero-order chi connectivity index (χ0) is 11.5. The van der Waals surface area contributed by atoms with Crippen LogP contribution in [0.1, 0.15) is 31.2 Å². The second-order valence-corrected chi connectivity index (χ2v) is 5.28. The van der Waals surface area contributed by atoms with E-state index in [1.165, 1.54) is 19.3 Å². The number of nitrogens with one attached hydrogen (secondary N) is 1. The second-order valence-electron chi connectivity index (χ2n) is 4.37. The maximum Gasteiger partial charge on any atom is 0.225 e. The Balaban J connectivity index is 1.94. The summed E-state index contributed by atoms with van der Waals surface area (Å²) in [5.74, 6) is 1.35. The summed E-state index contributed by atoms with van der Waals surface area (Å²) in [5, 5.41) is 2.87. The molecule has 1 aliphatic carbocycles. The molecule has 0 radical (unpaired) electrons. The Morgan fingerprint density at radius 3 is 2.94 bits per heavy atom. The number of amides is 1. The van der Waals surface area contributed by atoms with Gasteiger partial charge in [-0.05, 0) is 53.2 Å². The SMILES string of the molecule is Cc1cc(Br)cnc1NC(=O)CC1CCC1. The summed E-state index contributed by atoms with van der Waals surface area (Å²) < 4.78 is 0.932. The van der Waals surface area contributed by atoms with E-state index in [9.17, 15) is 4.79 Å². The van der Waals surface area contributed by atoms with E-state index < -0.39 is 0 Å². The number of hydrogen-bond donors (Lipinski definition) is 1. The molecule has 0 atom stereocenters. The van der Waals surface area contributed by atoms with E-state index in [1.54, 1.807) is 6.20 Å². The summed E-state index contributed by atoms with van der Waals surface area (Å²) in [6.07, 6.45) is 6.00. The van der Waals surface area contributed by atoms with Gasteiger partial charge in [0.1, 0.15) is 5.82 Å². The highest BCUT2D eigenvalue weighted by atomic mass is 79.9. The van der Waals surface area contributed by atoms with E-state index >= 15 is 0 Å². The molecule has 0 saturated heterocycles. The number of halogens is 1. The Morgan fingerprint density at radius 2 is 2.38 bits per heavy atom. The van der Waals surface area contributed by atoms with Crippen molar-refractivity contribution in [2.45, 2.75) is 32.6 Å². The van der Waals surface area contributed by atoms with Gasteiger partial charge in [0, 0.05) is 17.1 Å². The second kappa shape index (κ2) is 4.95. The monoisotopic (exact) mass is 282 g/mol. The van der Waals surface area contributed by atoms with Crippen molar-refractivity contribution in [3.8, 4) is 0 Å². The van der Waals surface area contributed by atoms with Gasteiger partial charge < -0.3 is 5.32 Å². The lowest BCUT2D eigenvalue weighted by Crippen LogP contribution is -2.21. The number of aromatic nitrogens is 1. The zero-order valence-corrected chi connectivity index (χ0v) is 10.9. The van der Waals surface area contributed by atoms with Crippen LogP contribution in [0.2, 0.25) is 0 Å². The van der Waals surface area contributed by atoms with Gasteiger partial charge in [-0.25, -0.2) is 4.98 Å². The van der Waals surface area contributed by atoms with Gasteiger partial charge in [-0.15, -0.1) is 0 Å². The molecule has 0 aliphatic heterocycles. The van der Waals surface area contributed by atoms with Crippen LogP contribution in [0.25, 0.3) is 0 Å². The van der Waals surface area contributed by atoms with Crippen LogP contribution >= 0.6 is 15.9 Å². The first-order valence-corrected chi connectivity index (χ1v) is 6.36. The molecule has 1 saturated carbocycles. The van der Waals surface area contributed by atoms with Crippen molar-refractivity contribution in [2.75, 3.05) is 5.32 Å².